The van der Waals surface area contributed by atoms with Crippen LogP contribution in [0.1, 0.15) is 38.1 Å². The van der Waals surface area contributed by atoms with Gasteiger partial charge in [-0.05, 0) is 39.8 Å². The summed E-state index contributed by atoms with van der Waals surface area (Å²) in [7, 11) is 0. The molecule has 0 saturated heterocycles. The molecule has 0 spiro atoms. The molecule has 1 aromatic rings. The lowest BCUT2D eigenvalue weighted by molar-refractivity contribution is -0.385. The van der Waals surface area contributed by atoms with Crippen LogP contribution in [0.15, 0.2) is 18.2 Å². The number of Topliss-reactive ketones (excluding diaryl/α,β-unsaturated/α-hetero) is 2. The third-order valence-electron chi connectivity index (χ3n) is 2.73. The Labute approximate surface area is 131 Å². The maximum absolute atomic E-state index is 13.1. The van der Waals surface area contributed by atoms with E-state index in [9.17, 15) is 28.9 Å². The van der Waals surface area contributed by atoms with Gasteiger partial charge in [0.1, 0.15) is 11.4 Å². The van der Waals surface area contributed by atoms with E-state index in [4.69, 9.17) is 4.74 Å². The summed E-state index contributed by atoms with van der Waals surface area (Å²) in [4.78, 5) is 46.1. The highest BCUT2D eigenvalue weighted by Gasteiger charge is 2.38. The second-order valence-corrected chi connectivity index (χ2v) is 5.86. The number of carbonyl (C=O) groups excluding carboxylic acids is 3. The van der Waals surface area contributed by atoms with Crippen LogP contribution in [-0.4, -0.2) is 28.1 Å². The van der Waals surface area contributed by atoms with Crippen molar-refractivity contribution in [1.82, 2.24) is 0 Å². The molecule has 23 heavy (non-hydrogen) atoms. The number of ketones is 2. The van der Waals surface area contributed by atoms with Crippen LogP contribution >= 0.6 is 0 Å². The molecule has 1 rings (SSSR count). The predicted octanol–water partition coefficient (Wildman–Crippen LogP) is 2.46. The standard InChI is InChI=1S/C15H16FNO6/c1-8(18)12(14(20)23-15(2,3)4)13(19)10-6-5-9(16)7-11(10)17(21)22/h5-7,12H,1-4H3. The molecule has 8 heteroatoms. The Morgan fingerprint density at radius 3 is 2.26 bits per heavy atom. The highest BCUT2D eigenvalue weighted by molar-refractivity contribution is 6.23. The van der Waals surface area contributed by atoms with Crippen molar-refractivity contribution >= 4 is 23.2 Å². The Kier molecular flexibility index (Phi) is 5.31. The smallest absolute Gasteiger partial charge is 0.325 e. The van der Waals surface area contributed by atoms with Crippen LogP contribution in [-0.2, 0) is 14.3 Å². The van der Waals surface area contributed by atoms with Crippen molar-refractivity contribution < 1.29 is 28.4 Å². The van der Waals surface area contributed by atoms with Crippen LogP contribution in [0.4, 0.5) is 10.1 Å². The molecule has 0 radical (unpaired) electrons. The van der Waals surface area contributed by atoms with Crippen molar-refractivity contribution in [2.45, 2.75) is 33.3 Å². The van der Waals surface area contributed by atoms with Gasteiger partial charge in [-0.3, -0.25) is 24.5 Å². The van der Waals surface area contributed by atoms with E-state index >= 15 is 0 Å². The second kappa shape index (κ2) is 6.64. The average molecular weight is 325 g/mol. The third kappa shape index (κ3) is 4.67. The maximum Gasteiger partial charge on any atom is 0.325 e. The van der Waals surface area contributed by atoms with E-state index in [-0.39, 0.29) is 0 Å². The Morgan fingerprint density at radius 1 is 1.26 bits per heavy atom. The lowest BCUT2D eigenvalue weighted by Crippen LogP contribution is -2.36. The van der Waals surface area contributed by atoms with Crippen molar-refractivity contribution in [3.63, 3.8) is 0 Å². The van der Waals surface area contributed by atoms with E-state index in [0.717, 1.165) is 19.1 Å². The fraction of sp³-hybridized carbons (Fsp3) is 0.400. The van der Waals surface area contributed by atoms with Crippen molar-refractivity contribution in [1.29, 1.82) is 0 Å². The first-order valence-corrected chi connectivity index (χ1v) is 6.65. The minimum Gasteiger partial charge on any atom is -0.459 e. The number of halogens is 1. The summed E-state index contributed by atoms with van der Waals surface area (Å²) in [5.41, 5.74) is -2.29. The largest absolute Gasteiger partial charge is 0.459 e. The number of hydrogen-bond donors (Lipinski definition) is 0. The summed E-state index contributed by atoms with van der Waals surface area (Å²) in [6.07, 6.45) is 0. The molecule has 0 aliphatic rings. The van der Waals surface area contributed by atoms with E-state index in [1.54, 1.807) is 20.8 Å². The van der Waals surface area contributed by atoms with Crippen molar-refractivity contribution in [2.75, 3.05) is 0 Å². The maximum atomic E-state index is 13.1. The van der Waals surface area contributed by atoms with Crippen molar-refractivity contribution in [3.05, 3.63) is 39.7 Å². The van der Waals surface area contributed by atoms with E-state index in [2.05, 4.69) is 0 Å². The monoisotopic (exact) mass is 325 g/mol. The topological polar surface area (TPSA) is 104 Å². The molecule has 0 aliphatic heterocycles. The molecule has 1 aromatic carbocycles. The number of rotatable bonds is 5. The molecule has 0 fully saturated rings. The average Bonchev–Trinajstić information content (AvgIpc) is 2.35. The van der Waals surface area contributed by atoms with Crippen LogP contribution in [0.2, 0.25) is 0 Å². The second-order valence-electron chi connectivity index (χ2n) is 5.86. The normalized spacial score (nSPS) is 12.4. The molecule has 7 nitrogen and oxygen atoms in total. The van der Waals surface area contributed by atoms with Gasteiger partial charge in [-0.2, -0.15) is 0 Å². The fourth-order valence-electron chi connectivity index (χ4n) is 1.84. The van der Waals surface area contributed by atoms with Gasteiger partial charge in [0.15, 0.2) is 17.5 Å². The van der Waals surface area contributed by atoms with Crippen molar-refractivity contribution in [2.24, 2.45) is 5.92 Å². The highest BCUT2D eigenvalue weighted by atomic mass is 19.1. The molecule has 124 valence electrons. The first-order valence-electron chi connectivity index (χ1n) is 6.65. The summed E-state index contributed by atoms with van der Waals surface area (Å²) in [6.45, 7) is 5.65. The van der Waals surface area contributed by atoms with Crippen LogP contribution in [0.5, 0.6) is 0 Å². The summed E-state index contributed by atoms with van der Waals surface area (Å²) in [6, 6.07) is 2.27. The lowest BCUT2D eigenvalue weighted by atomic mass is 9.93. The first-order chi connectivity index (χ1) is 10.4. The first kappa shape index (κ1) is 18.4. The molecule has 1 atom stereocenters. The SMILES string of the molecule is CC(=O)C(C(=O)OC(C)(C)C)C(=O)c1ccc(F)cc1[N+](=O)[O-]. The predicted molar refractivity (Wildman–Crippen MR) is 77.4 cm³/mol. The van der Waals surface area contributed by atoms with E-state index < -0.39 is 51.0 Å². The van der Waals surface area contributed by atoms with Gasteiger partial charge in [-0.1, -0.05) is 0 Å². The summed E-state index contributed by atoms with van der Waals surface area (Å²) >= 11 is 0. The Hall–Kier alpha value is -2.64. The molecular formula is C15H16FNO6. The van der Waals surface area contributed by atoms with Gasteiger partial charge in [-0.25, -0.2) is 4.39 Å². The van der Waals surface area contributed by atoms with E-state index in [1.807, 2.05) is 0 Å². The quantitative estimate of drug-likeness (QED) is 0.271. The van der Waals surface area contributed by atoms with Gasteiger partial charge in [-0.15, -0.1) is 0 Å². The zero-order valence-electron chi connectivity index (χ0n) is 13.1. The number of ether oxygens (including phenoxy) is 1. The van der Waals surface area contributed by atoms with E-state index in [0.29, 0.717) is 6.07 Å². The molecule has 0 heterocycles. The molecule has 0 aromatic heterocycles. The number of hydrogen-bond acceptors (Lipinski definition) is 6. The van der Waals surface area contributed by atoms with Crippen molar-refractivity contribution in [3.8, 4) is 0 Å². The van der Waals surface area contributed by atoms with Gasteiger partial charge in [0.2, 0.25) is 0 Å². The summed E-state index contributed by atoms with van der Waals surface area (Å²) < 4.78 is 18.1. The molecule has 0 amide bonds. The van der Waals surface area contributed by atoms with Gasteiger partial charge < -0.3 is 4.74 Å². The van der Waals surface area contributed by atoms with Gasteiger partial charge in [0.25, 0.3) is 5.69 Å². The minimum atomic E-state index is -1.83. The zero-order valence-corrected chi connectivity index (χ0v) is 13.1. The molecular weight excluding hydrogens is 309 g/mol. The third-order valence-corrected chi connectivity index (χ3v) is 2.73. The number of nitro groups is 1. The number of carbonyl (C=O) groups is 3. The van der Waals surface area contributed by atoms with Crippen LogP contribution in [0, 0.1) is 21.8 Å². The van der Waals surface area contributed by atoms with Crippen LogP contribution < -0.4 is 0 Å². The Balaban J connectivity index is 3.30. The summed E-state index contributed by atoms with van der Waals surface area (Å²) in [5.74, 6) is -5.77. The minimum absolute atomic E-state index is 0.526. The molecule has 0 bridgehead atoms. The summed E-state index contributed by atoms with van der Waals surface area (Å²) in [5, 5.41) is 11.0. The number of nitrogens with zero attached hydrogens (tertiary/aromatic N) is 1. The van der Waals surface area contributed by atoms with Gasteiger partial charge >= 0.3 is 5.97 Å². The van der Waals surface area contributed by atoms with Crippen LogP contribution in [0.3, 0.4) is 0 Å². The fourth-order valence-corrected chi connectivity index (χ4v) is 1.84. The molecule has 0 aliphatic carbocycles. The molecule has 0 N–H and O–H groups in total. The van der Waals surface area contributed by atoms with Crippen LogP contribution in [0.25, 0.3) is 0 Å². The number of benzene rings is 1. The van der Waals surface area contributed by atoms with E-state index in [1.165, 1.54) is 0 Å². The lowest BCUT2D eigenvalue weighted by Gasteiger charge is -2.22. The Bertz CT molecular complexity index is 677. The molecule has 0 saturated carbocycles. The van der Waals surface area contributed by atoms with Gasteiger partial charge in [0, 0.05) is 0 Å². The zero-order chi connectivity index (χ0) is 17.9. The highest BCUT2D eigenvalue weighted by Crippen LogP contribution is 2.24. The molecule has 1 unspecified atom stereocenters. The number of nitro benzene ring substituents is 1. The van der Waals surface area contributed by atoms with Gasteiger partial charge in [0.05, 0.1) is 16.6 Å². The number of esters is 1. The Morgan fingerprint density at radius 2 is 1.83 bits per heavy atom.